The van der Waals surface area contributed by atoms with E-state index in [9.17, 15) is 0 Å². The maximum atomic E-state index is 4.63. The van der Waals surface area contributed by atoms with E-state index in [2.05, 4.69) is 40.5 Å². The van der Waals surface area contributed by atoms with Crippen LogP contribution in [0.1, 0.15) is 38.0 Å². The minimum absolute atomic E-state index is 0.703. The van der Waals surface area contributed by atoms with Crippen molar-refractivity contribution in [2.45, 2.75) is 39.5 Å². The smallest absolute Gasteiger partial charge is 0.225 e. The zero-order chi connectivity index (χ0) is 14.8. The van der Waals surface area contributed by atoms with E-state index in [-0.39, 0.29) is 0 Å². The van der Waals surface area contributed by atoms with Gasteiger partial charge < -0.3 is 10.6 Å². The molecule has 0 saturated heterocycles. The molecule has 5 heteroatoms. The quantitative estimate of drug-likeness (QED) is 0.871. The lowest BCUT2D eigenvalue weighted by atomic mass is 9.98. The fourth-order valence-corrected chi connectivity index (χ4v) is 4.11. The maximum absolute atomic E-state index is 4.63. The van der Waals surface area contributed by atoms with Gasteiger partial charge in [0.25, 0.3) is 0 Å². The van der Waals surface area contributed by atoms with Gasteiger partial charge in [-0.25, -0.2) is 4.98 Å². The van der Waals surface area contributed by atoms with Crippen molar-refractivity contribution in [3.63, 3.8) is 0 Å². The van der Waals surface area contributed by atoms with Crippen molar-refractivity contribution >= 4 is 33.3 Å². The van der Waals surface area contributed by atoms with Crippen LogP contribution in [0.5, 0.6) is 0 Å². The lowest BCUT2D eigenvalue weighted by molar-refractivity contribution is 0.439. The van der Waals surface area contributed by atoms with Gasteiger partial charge in [0.15, 0.2) is 0 Å². The second-order valence-electron chi connectivity index (χ2n) is 5.98. The summed E-state index contributed by atoms with van der Waals surface area (Å²) < 4.78 is 0. The normalized spacial score (nSPS) is 21.9. The number of nitrogens with zero attached hydrogens (tertiary/aromatic N) is 2. The Bertz CT molecular complexity index is 622. The number of anilines is 2. The van der Waals surface area contributed by atoms with Crippen molar-refractivity contribution in [3.8, 4) is 0 Å². The summed E-state index contributed by atoms with van der Waals surface area (Å²) in [6, 6.07) is 2.24. The molecular weight excluding hydrogens is 280 g/mol. The van der Waals surface area contributed by atoms with Gasteiger partial charge in [-0.3, -0.25) is 0 Å². The number of hydrogen-bond acceptors (Lipinski definition) is 5. The van der Waals surface area contributed by atoms with E-state index < -0.39 is 0 Å². The van der Waals surface area contributed by atoms with Crippen molar-refractivity contribution < 1.29 is 0 Å². The Kier molecular flexibility index (Phi) is 4.29. The molecule has 2 atom stereocenters. The van der Waals surface area contributed by atoms with Gasteiger partial charge in [0.2, 0.25) is 5.95 Å². The minimum Gasteiger partial charge on any atom is -0.369 e. The molecular formula is C16H24N4S. The van der Waals surface area contributed by atoms with Gasteiger partial charge in [-0.05, 0) is 30.7 Å². The highest BCUT2D eigenvalue weighted by atomic mass is 32.1. The molecule has 1 saturated carbocycles. The Labute approximate surface area is 130 Å². The zero-order valence-electron chi connectivity index (χ0n) is 13.1. The monoisotopic (exact) mass is 304 g/mol. The average Bonchev–Trinajstić information content (AvgIpc) is 3.10. The first-order chi connectivity index (χ1) is 10.2. The Morgan fingerprint density at radius 3 is 2.86 bits per heavy atom. The van der Waals surface area contributed by atoms with E-state index in [1.54, 1.807) is 11.3 Å². The SMILES string of the molecule is CCc1cc2c(NCC3CCCC3C)nc(NC)nc2s1. The molecule has 114 valence electrons. The lowest BCUT2D eigenvalue weighted by Gasteiger charge is -2.17. The van der Waals surface area contributed by atoms with E-state index in [0.29, 0.717) is 5.95 Å². The predicted molar refractivity (Wildman–Crippen MR) is 91.3 cm³/mol. The Hall–Kier alpha value is -1.36. The molecule has 0 spiro atoms. The molecule has 0 amide bonds. The van der Waals surface area contributed by atoms with Gasteiger partial charge in [-0.15, -0.1) is 11.3 Å². The number of aryl methyl sites for hydroxylation is 1. The first-order valence-corrected chi connectivity index (χ1v) is 8.75. The van der Waals surface area contributed by atoms with E-state index >= 15 is 0 Å². The van der Waals surface area contributed by atoms with Crippen LogP contribution in [0.4, 0.5) is 11.8 Å². The largest absolute Gasteiger partial charge is 0.369 e. The lowest BCUT2D eigenvalue weighted by Crippen LogP contribution is -2.17. The second-order valence-corrected chi connectivity index (χ2v) is 7.10. The van der Waals surface area contributed by atoms with E-state index in [0.717, 1.165) is 35.4 Å². The van der Waals surface area contributed by atoms with Crippen LogP contribution in [-0.2, 0) is 6.42 Å². The van der Waals surface area contributed by atoms with E-state index in [1.165, 1.54) is 29.5 Å². The minimum atomic E-state index is 0.703. The Morgan fingerprint density at radius 1 is 1.33 bits per heavy atom. The highest BCUT2D eigenvalue weighted by Gasteiger charge is 2.23. The molecule has 2 aromatic heterocycles. The first kappa shape index (κ1) is 14.6. The molecule has 0 aliphatic heterocycles. The summed E-state index contributed by atoms with van der Waals surface area (Å²) in [5.41, 5.74) is 0. The van der Waals surface area contributed by atoms with Crippen LogP contribution in [-0.4, -0.2) is 23.6 Å². The summed E-state index contributed by atoms with van der Waals surface area (Å²) in [7, 11) is 1.87. The second kappa shape index (κ2) is 6.18. The van der Waals surface area contributed by atoms with Gasteiger partial charge in [0, 0.05) is 18.5 Å². The van der Waals surface area contributed by atoms with Crippen molar-refractivity contribution in [1.29, 1.82) is 0 Å². The number of fused-ring (bicyclic) bond motifs is 1. The molecule has 4 nitrogen and oxygen atoms in total. The summed E-state index contributed by atoms with van der Waals surface area (Å²) in [6.07, 6.45) is 5.12. The highest BCUT2D eigenvalue weighted by Crippen LogP contribution is 2.33. The van der Waals surface area contributed by atoms with Crippen LogP contribution in [0.15, 0.2) is 6.07 Å². The molecule has 1 aliphatic carbocycles. The third-order valence-corrected chi connectivity index (χ3v) is 5.76. The van der Waals surface area contributed by atoms with Gasteiger partial charge in [0.05, 0.1) is 5.39 Å². The molecule has 0 bridgehead atoms. The predicted octanol–water partition coefficient (Wildman–Crippen LogP) is 4.14. The summed E-state index contributed by atoms with van der Waals surface area (Å²) in [6.45, 7) is 5.58. The van der Waals surface area contributed by atoms with Crippen LogP contribution < -0.4 is 10.6 Å². The molecule has 1 aliphatic rings. The third-order valence-electron chi connectivity index (χ3n) is 4.59. The number of rotatable bonds is 5. The Morgan fingerprint density at radius 2 is 2.19 bits per heavy atom. The first-order valence-electron chi connectivity index (χ1n) is 7.93. The fourth-order valence-electron chi connectivity index (χ4n) is 3.15. The van der Waals surface area contributed by atoms with Crippen LogP contribution >= 0.6 is 11.3 Å². The summed E-state index contributed by atoms with van der Waals surface area (Å²) in [5, 5.41) is 7.82. The number of hydrogen-bond donors (Lipinski definition) is 2. The summed E-state index contributed by atoms with van der Waals surface area (Å²) in [5.74, 6) is 3.29. The van der Waals surface area contributed by atoms with E-state index in [4.69, 9.17) is 0 Å². The molecule has 0 radical (unpaired) electrons. The molecule has 3 rings (SSSR count). The van der Waals surface area contributed by atoms with Crippen LogP contribution in [0.25, 0.3) is 10.2 Å². The van der Waals surface area contributed by atoms with Crippen molar-refractivity contribution in [1.82, 2.24) is 9.97 Å². The fraction of sp³-hybridized carbons (Fsp3) is 0.625. The molecule has 2 N–H and O–H groups in total. The zero-order valence-corrected chi connectivity index (χ0v) is 13.9. The maximum Gasteiger partial charge on any atom is 0.225 e. The third kappa shape index (κ3) is 2.98. The van der Waals surface area contributed by atoms with Crippen LogP contribution in [0.3, 0.4) is 0 Å². The molecule has 1 fully saturated rings. The van der Waals surface area contributed by atoms with Crippen molar-refractivity contribution in [2.75, 3.05) is 24.2 Å². The van der Waals surface area contributed by atoms with Gasteiger partial charge in [-0.2, -0.15) is 4.98 Å². The molecule has 0 aromatic carbocycles. The van der Waals surface area contributed by atoms with Gasteiger partial charge in [-0.1, -0.05) is 26.7 Å². The average molecular weight is 304 g/mol. The van der Waals surface area contributed by atoms with Crippen molar-refractivity contribution in [3.05, 3.63) is 10.9 Å². The van der Waals surface area contributed by atoms with E-state index in [1.807, 2.05) is 7.05 Å². The number of nitrogens with one attached hydrogen (secondary N) is 2. The van der Waals surface area contributed by atoms with Crippen LogP contribution in [0, 0.1) is 11.8 Å². The summed E-state index contributed by atoms with van der Waals surface area (Å²) in [4.78, 5) is 11.6. The van der Waals surface area contributed by atoms with Crippen LogP contribution in [0.2, 0.25) is 0 Å². The van der Waals surface area contributed by atoms with Gasteiger partial charge >= 0.3 is 0 Å². The number of aromatic nitrogens is 2. The molecule has 2 unspecified atom stereocenters. The van der Waals surface area contributed by atoms with Gasteiger partial charge in [0.1, 0.15) is 10.6 Å². The summed E-state index contributed by atoms with van der Waals surface area (Å²) >= 11 is 1.77. The van der Waals surface area contributed by atoms with Crippen molar-refractivity contribution in [2.24, 2.45) is 11.8 Å². The topological polar surface area (TPSA) is 49.8 Å². The standard InChI is InChI=1S/C16H24N4S/c1-4-12-8-13-14(18-9-11-7-5-6-10(11)2)19-16(17-3)20-15(13)21-12/h8,10-11H,4-7,9H2,1-3H3,(H2,17,18,19,20). The molecule has 21 heavy (non-hydrogen) atoms. The highest BCUT2D eigenvalue weighted by molar-refractivity contribution is 7.18. The molecule has 2 aromatic rings. The molecule has 2 heterocycles. The Balaban J connectivity index is 1.86. The number of thiophene rings is 1.